The molecule has 9 heteroatoms. The molecule has 0 spiro atoms. The third kappa shape index (κ3) is 3.71. The van der Waals surface area contributed by atoms with Gasteiger partial charge in [0.2, 0.25) is 6.79 Å². The van der Waals surface area contributed by atoms with E-state index in [0.717, 1.165) is 11.1 Å². The number of ether oxygens (including phenoxy) is 5. The molecular weight excluding hydrogens is 488 g/mol. The van der Waals surface area contributed by atoms with Crippen molar-refractivity contribution in [1.29, 1.82) is 0 Å². The number of rotatable bonds is 6. The van der Waals surface area contributed by atoms with Crippen molar-refractivity contribution in [2.24, 2.45) is 5.10 Å². The van der Waals surface area contributed by atoms with Gasteiger partial charge in [0.25, 0.3) is 5.91 Å². The van der Waals surface area contributed by atoms with Crippen LogP contribution in [-0.2, 0) is 6.54 Å². The van der Waals surface area contributed by atoms with Crippen molar-refractivity contribution in [2.45, 2.75) is 6.54 Å². The average molecular weight is 513 g/mol. The summed E-state index contributed by atoms with van der Waals surface area (Å²) in [6.45, 7) is 0.228. The number of phenols is 1. The molecular formula is C29H24N2O7. The Kier molecular flexibility index (Phi) is 5.68. The zero-order valence-corrected chi connectivity index (χ0v) is 21.0. The Morgan fingerprint density at radius 3 is 2.42 bits per heavy atom. The molecule has 0 fully saturated rings. The summed E-state index contributed by atoms with van der Waals surface area (Å²) in [6.07, 6.45) is 1.59. The maximum absolute atomic E-state index is 13.8. The highest BCUT2D eigenvalue weighted by atomic mass is 16.7. The van der Waals surface area contributed by atoms with E-state index in [1.807, 2.05) is 42.5 Å². The van der Waals surface area contributed by atoms with E-state index in [9.17, 15) is 9.90 Å². The summed E-state index contributed by atoms with van der Waals surface area (Å²) in [7, 11) is 4.66. The molecule has 0 aliphatic carbocycles. The predicted molar refractivity (Wildman–Crippen MR) is 141 cm³/mol. The number of nitrogens with zero attached hydrogens (tertiary/aromatic N) is 2. The lowest BCUT2D eigenvalue weighted by Crippen LogP contribution is -2.18. The summed E-state index contributed by atoms with van der Waals surface area (Å²) in [4.78, 5) is 13.8. The molecule has 2 aliphatic rings. The van der Waals surface area contributed by atoms with Crippen molar-refractivity contribution in [3.63, 3.8) is 0 Å². The van der Waals surface area contributed by atoms with E-state index in [1.165, 1.54) is 19.2 Å². The topological polar surface area (TPSA) is 99.1 Å². The first-order chi connectivity index (χ1) is 18.5. The van der Waals surface area contributed by atoms with Gasteiger partial charge in [-0.1, -0.05) is 18.2 Å². The van der Waals surface area contributed by atoms with Crippen LogP contribution in [0.1, 0.15) is 21.5 Å². The van der Waals surface area contributed by atoms with Crippen molar-refractivity contribution in [3.05, 3.63) is 71.3 Å². The smallest absolute Gasteiger partial charge is 0.275 e. The Bertz CT molecular complexity index is 1630. The molecule has 0 aromatic heterocycles. The number of carbonyl (C=O) groups excluding carboxylic acids is 1. The van der Waals surface area contributed by atoms with Gasteiger partial charge in [-0.25, -0.2) is 5.01 Å². The van der Waals surface area contributed by atoms with Crippen LogP contribution in [0, 0.1) is 0 Å². The minimum atomic E-state index is -0.334. The van der Waals surface area contributed by atoms with E-state index in [2.05, 4.69) is 5.10 Å². The Morgan fingerprint density at radius 2 is 1.66 bits per heavy atom. The Hall–Kier alpha value is -4.92. The largest absolute Gasteiger partial charge is 0.507 e. The second kappa shape index (κ2) is 9.19. The standard InChI is InChI=1S/C29H24N2O7/c1-34-18-6-4-5-16(9-18)13-30-31-14-21-27(29(31)33)26(17-7-8-22-25(10-17)38-15-37-22)19-11-23(35-2)24(36-3)12-20(19)28(21)32/h4-13,32H,14-15H2,1-3H3/b30-13+. The first-order valence-corrected chi connectivity index (χ1v) is 11.9. The van der Waals surface area contributed by atoms with E-state index >= 15 is 0 Å². The van der Waals surface area contributed by atoms with E-state index in [4.69, 9.17) is 23.7 Å². The molecule has 1 amide bonds. The third-order valence-corrected chi connectivity index (χ3v) is 6.74. The molecule has 9 nitrogen and oxygen atoms in total. The van der Waals surface area contributed by atoms with Crippen molar-refractivity contribution in [1.82, 2.24) is 5.01 Å². The van der Waals surface area contributed by atoms with Gasteiger partial charge in [0.1, 0.15) is 11.5 Å². The highest BCUT2D eigenvalue weighted by molar-refractivity contribution is 6.15. The molecule has 0 unspecified atom stereocenters. The zero-order valence-electron chi connectivity index (χ0n) is 21.0. The number of hydrogen-bond acceptors (Lipinski definition) is 8. The Labute approximate surface area is 218 Å². The predicted octanol–water partition coefficient (Wildman–Crippen LogP) is 4.96. The molecule has 192 valence electrons. The van der Waals surface area contributed by atoms with Gasteiger partial charge in [0, 0.05) is 16.5 Å². The zero-order chi connectivity index (χ0) is 26.4. The molecule has 0 saturated carbocycles. The van der Waals surface area contributed by atoms with Gasteiger partial charge in [0.05, 0.1) is 39.7 Å². The quantitative estimate of drug-likeness (QED) is 0.365. The number of benzene rings is 4. The fourth-order valence-corrected chi connectivity index (χ4v) is 4.89. The lowest BCUT2D eigenvalue weighted by Gasteiger charge is -2.17. The minimum Gasteiger partial charge on any atom is -0.507 e. The highest BCUT2D eigenvalue weighted by Gasteiger charge is 2.36. The maximum atomic E-state index is 13.8. The van der Waals surface area contributed by atoms with E-state index in [-0.39, 0.29) is 25.0 Å². The highest BCUT2D eigenvalue weighted by Crippen LogP contribution is 2.49. The van der Waals surface area contributed by atoms with E-state index < -0.39 is 0 Å². The molecule has 0 atom stereocenters. The average Bonchev–Trinajstić information content (AvgIpc) is 3.55. The Balaban J connectivity index is 1.54. The number of aromatic hydroxyl groups is 1. The van der Waals surface area contributed by atoms with Gasteiger partial charge in [-0.15, -0.1) is 0 Å². The molecule has 2 aliphatic heterocycles. The van der Waals surface area contributed by atoms with Gasteiger partial charge >= 0.3 is 0 Å². The maximum Gasteiger partial charge on any atom is 0.275 e. The number of hydrazone groups is 1. The van der Waals surface area contributed by atoms with Gasteiger partial charge < -0.3 is 28.8 Å². The van der Waals surface area contributed by atoms with Crippen LogP contribution in [0.5, 0.6) is 34.5 Å². The van der Waals surface area contributed by atoms with Gasteiger partial charge in [-0.05, 0) is 52.9 Å². The van der Waals surface area contributed by atoms with E-state index in [0.29, 0.717) is 56.2 Å². The minimum absolute atomic E-state index is 0.00660. The molecule has 6 rings (SSSR count). The fraction of sp³-hybridized carbons (Fsp3) is 0.172. The molecule has 0 saturated heterocycles. The summed E-state index contributed by atoms with van der Waals surface area (Å²) in [5.74, 6) is 2.48. The molecule has 0 bridgehead atoms. The van der Waals surface area contributed by atoms with Gasteiger partial charge in [-0.2, -0.15) is 5.10 Å². The summed E-state index contributed by atoms with van der Waals surface area (Å²) in [5.41, 5.74) is 2.98. The molecule has 4 aromatic carbocycles. The fourth-order valence-electron chi connectivity index (χ4n) is 4.89. The molecule has 0 radical (unpaired) electrons. The normalized spacial score (nSPS) is 13.9. The van der Waals surface area contributed by atoms with Crippen LogP contribution in [0.3, 0.4) is 0 Å². The number of phenolic OH excluding ortho intramolecular Hbond substituents is 1. The van der Waals surface area contributed by atoms with Crippen molar-refractivity contribution in [3.8, 4) is 45.6 Å². The van der Waals surface area contributed by atoms with Crippen LogP contribution in [0.2, 0.25) is 0 Å². The summed E-state index contributed by atoms with van der Waals surface area (Å²) in [5, 5.41) is 18.3. The molecule has 2 heterocycles. The number of fused-ring (bicyclic) bond motifs is 3. The number of hydrogen-bond donors (Lipinski definition) is 1. The molecule has 38 heavy (non-hydrogen) atoms. The first kappa shape index (κ1) is 23.5. The van der Waals surface area contributed by atoms with Crippen LogP contribution in [0.25, 0.3) is 21.9 Å². The number of carbonyl (C=O) groups is 1. The van der Waals surface area contributed by atoms with Gasteiger partial charge in [0.15, 0.2) is 23.0 Å². The lowest BCUT2D eigenvalue weighted by atomic mass is 9.89. The van der Waals surface area contributed by atoms with Crippen molar-refractivity contribution < 1.29 is 33.6 Å². The van der Waals surface area contributed by atoms with Crippen LogP contribution < -0.4 is 23.7 Å². The second-order valence-corrected chi connectivity index (χ2v) is 8.78. The van der Waals surface area contributed by atoms with Crippen molar-refractivity contribution in [2.75, 3.05) is 28.1 Å². The summed E-state index contributed by atoms with van der Waals surface area (Å²) in [6, 6.07) is 16.3. The monoisotopic (exact) mass is 512 g/mol. The van der Waals surface area contributed by atoms with E-state index in [1.54, 1.807) is 25.5 Å². The molecule has 4 aromatic rings. The van der Waals surface area contributed by atoms with Crippen molar-refractivity contribution >= 4 is 22.9 Å². The second-order valence-electron chi connectivity index (χ2n) is 8.78. The lowest BCUT2D eigenvalue weighted by molar-refractivity contribution is 0.0785. The molecule has 1 N–H and O–H groups in total. The third-order valence-electron chi connectivity index (χ3n) is 6.74. The first-order valence-electron chi connectivity index (χ1n) is 11.9. The summed E-state index contributed by atoms with van der Waals surface area (Å²) >= 11 is 0. The van der Waals surface area contributed by atoms with Crippen LogP contribution >= 0.6 is 0 Å². The number of methoxy groups -OCH3 is 3. The van der Waals surface area contributed by atoms with Crippen LogP contribution in [0.4, 0.5) is 0 Å². The van der Waals surface area contributed by atoms with Crippen LogP contribution in [-0.4, -0.2) is 50.4 Å². The Morgan fingerprint density at radius 1 is 0.895 bits per heavy atom. The SMILES string of the molecule is COc1cccc(/C=N/N2Cc3c(c(-c4ccc5c(c4)OCO5)c4cc(OC)c(OC)cc4c3O)C2=O)c1. The number of amides is 1. The van der Waals surface area contributed by atoms with Gasteiger partial charge in [-0.3, -0.25) is 4.79 Å². The summed E-state index contributed by atoms with van der Waals surface area (Å²) < 4.78 is 27.4. The van der Waals surface area contributed by atoms with Crippen LogP contribution in [0.15, 0.2) is 59.7 Å².